The quantitative estimate of drug-likeness (QED) is 0.441. The Bertz CT molecular complexity index is 418. The van der Waals surface area contributed by atoms with Crippen molar-refractivity contribution < 1.29 is 9.13 Å². The number of aromatic nitrogens is 2. The minimum atomic E-state index is -0.757. The highest BCUT2D eigenvalue weighted by Crippen LogP contribution is 2.05. The average molecular weight is 248 g/mol. The third-order valence-corrected chi connectivity index (χ3v) is 2.11. The van der Waals surface area contributed by atoms with Gasteiger partial charge in [0.1, 0.15) is 12.3 Å². The zero-order chi connectivity index (χ0) is 13.2. The molecule has 3 nitrogen and oxygen atoms in total. The summed E-state index contributed by atoms with van der Waals surface area (Å²) < 4.78 is 17.7. The van der Waals surface area contributed by atoms with Gasteiger partial charge in [-0.1, -0.05) is 18.6 Å². The van der Waals surface area contributed by atoms with E-state index in [1.165, 1.54) is 0 Å². The second-order valence-electron chi connectivity index (χ2n) is 3.83. The lowest BCUT2D eigenvalue weighted by Gasteiger charge is -1.99. The first-order chi connectivity index (χ1) is 8.72. The van der Waals surface area contributed by atoms with Gasteiger partial charge in [0.2, 0.25) is 5.88 Å². The van der Waals surface area contributed by atoms with Crippen LogP contribution >= 0.6 is 0 Å². The molecule has 0 aliphatic rings. The molecule has 1 unspecified atom stereocenters. The normalized spacial score (nSPS) is 11.2. The van der Waals surface area contributed by atoms with Gasteiger partial charge in [0.25, 0.3) is 0 Å². The molecule has 0 aliphatic carbocycles. The van der Waals surface area contributed by atoms with Crippen LogP contribution in [-0.4, -0.2) is 23.0 Å². The molecule has 1 aromatic heterocycles. The molecular weight excluding hydrogens is 231 g/mol. The molecule has 1 rings (SSSR count). The van der Waals surface area contributed by atoms with E-state index in [9.17, 15) is 4.39 Å². The summed E-state index contributed by atoms with van der Waals surface area (Å²) in [5.74, 6) is 6.27. The summed E-state index contributed by atoms with van der Waals surface area (Å²) in [6.45, 7) is 5.50. The lowest BCUT2D eigenvalue weighted by atomic mass is 10.2. The fourth-order valence-corrected chi connectivity index (χ4v) is 1.23. The molecule has 18 heavy (non-hydrogen) atoms. The van der Waals surface area contributed by atoms with Crippen LogP contribution in [0, 0.1) is 11.8 Å². The van der Waals surface area contributed by atoms with Crippen LogP contribution < -0.4 is 4.74 Å². The van der Waals surface area contributed by atoms with E-state index in [1.54, 1.807) is 25.1 Å². The molecule has 4 heteroatoms. The molecule has 1 atom stereocenters. The van der Waals surface area contributed by atoms with Crippen molar-refractivity contribution in [2.45, 2.75) is 32.4 Å². The fourth-order valence-electron chi connectivity index (χ4n) is 1.23. The van der Waals surface area contributed by atoms with Crippen molar-refractivity contribution in [1.29, 1.82) is 0 Å². The number of nitrogens with zero attached hydrogens (tertiary/aromatic N) is 2. The van der Waals surface area contributed by atoms with Crippen LogP contribution in [0.25, 0.3) is 0 Å². The van der Waals surface area contributed by atoms with Gasteiger partial charge in [-0.05, 0) is 31.8 Å². The van der Waals surface area contributed by atoms with Crippen molar-refractivity contribution >= 4 is 0 Å². The first-order valence-corrected chi connectivity index (χ1v) is 5.92. The SMILES string of the molecule is C=CCOc1ccc(C#CCCCC(C)F)nn1. The van der Waals surface area contributed by atoms with Gasteiger partial charge in [0.15, 0.2) is 0 Å². The van der Waals surface area contributed by atoms with Crippen LogP contribution in [0.3, 0.4) is 0 Å². The zero-order valence-electron chi connectivity index (χ0n) is 10.5. The molecule has 0 saturated heterocycles. The Kier molecular flexibility index (Phi) is 6.49. The predicted octanol–water partition coefficient (Wildman–Crippen LogP) is 2.92. The molecule has 0 bridgehead atoms. The molecule has 0 saturated carbocycles. The smallest absolute Gasteiger partial charge is 0.233 e. The third kappa shape index (κ3) is 6.00. The van der Waals surface area contributed by atoms with Crippen molar-refractivity contribution in [1.82, 2.24) is 10.2 Å². The minimum absolute atomic E-state index is 0.404. The van der Waals surface area contributed by atoms with E-state index in [-0.39, 0.29) is 0 Å². The van der Waals surface area contributed by atoms with Gasteiger partial charge < -0.3 is 4.74 Å². The number of rotatable bonds is 6. The van der Waals surface area contributed by atoms with Crippen molar-refractivity contribution in [3.05, 3.63) is 30.5 Å². The van der Waals surface area contributed by atoms with Crippen molar-refractivity contribution in [2.75, 3.05) is 6.61 Å². The minimum Gasteiger partial charge on any atom is -0.472 e. The Morgan fingerprint density at radius 1 is 1.50 bits per heavy atom. The summed E-state index contributed by atoms with van der Waals surface area (Å²) in [7, 11) is 0. The molecule has 1 aromatic rings. The van der Waals surface area contributed by atoms with Gasteiger partial charge in [0.05, 0.1) is 6.17 Å². The Morgan fingerprint density at radius 2 is 2.33 bits per heavy atom. The van der Waals surface area contributed by atoms with E-state index in [1.807, 2.05) is 0 Å². The van der Waals surface area contributed by atoms with Crippen LogP contribution in [-0.2, 0) is 0 Å². The van der Waals surface area contributed by atoms with Crippen LogP contribution in [0.15, 0.2) is 24.8 Å². The van der Waals surface area contributed by atoms with Gasteiger partial charge in [-0.2, -0.15) is 0 Å². The molecule has 0 fully saturated rings. The summed E-state index contributed by atoms with van der Waals surface area (Å²) >= 11 is 0. The molecule has 0 aliphatic heterocycles. The van der Waals surface area contributed by atoms with E-state index in [2.05, 4.69) is 28.6 Å². The molecule has 1 heterocycles. The van der Waals surface area contributed by atoms with E-state index < -0.39 is 6.17 Å². The number of unbranched alkanes of at least 4 members (excludes halogenated alkanes) is 1. The highest BCUT2D eigenvalue weighted by Gasteiger charge is 1.96. The third-order valence-electron chi connectivity index (χ3n) is 2.11. The number of hydrogen-bond acceptors (Lipinski definition) is 3. The predicted molar refractivity (Wildman–Crippen MR) is 69.0 cm³/mol. The highest BCUT2D eigenvalue weighted by atomic mass is 19.1. The monoisotopic (exact) mass is 248 g/mol. The van der Waals surface area contributed by atoms with E-state index in [0.29, 0.717) is 31.0 Å². The van der Waals surface area contributed by atoms with Gasteiger partial charge in [-0.15, -0.1) is 10.2 Å². The number of alkyl halides is 1. The summed E-state index contributed by atoms with van der Waals surface area (Å²) in [6.07, 6.45) is 2.87. The topological polar surface area (TPSA) is 35.0 Å². The van der Waals surface area contributed by atoms with Gasteiger partial charge in [-0.25, -0.2) is 4.39 Å². The Labute approximate surface area is 107 Å². The van der Waals surface area contributed by atoms with Gasteiger partial charge >= 0.3 is 0 Å². The Balaban J connectivity index is 2.38. The summed E-state index contributed by atoms with van der Waals surface area (Å²) in [6, 6.07) is 3.46. The lowest BCUT2D eigenvalue weighted by Crippen LogP contribution is -1.97. The summed E-state index contributed by atoms with van der Waals surface area (Å²) in [4.78, 5) is 0. The maximum absolute atomic E-state index is 12.5. The standard InChI is InChI=1S/C14H17FN2O/c1-3-11-18-14-10-9-13(16-17-14)8-6-4-5-7-12(2)15/h3,9-10,12H,1,4-5,7,11H2,2H3. The first-order valence-electron chi connectivity index (χ1n) is 5.92. The Morgan fingerprint density at radius 3 is 2.94 bits per heavy atom. The second-order valence-corrected chi connectivity index (χ2v) is 3.83. The maximum Gasteiger partial charge on any atom is 0.233 e. The molecule has 0 spiro atoms. The molecule has 0 aromatic carbocycles. The molecule has 0 radical (unpaired) electrons. The largest absolute Gasteiger partial charge is 0.472 e. The van der Waals surface area contributed by atoms with Crippen LogP contribution in [0.2, 0.25) is 0 Å². The lowest BCUT2D eigenvalue weighted by molar-refractivity contribution is 0.336. The summed E-state index contributed by atoms with van der Waals surface area (Å²) in [5.41, 5.74) is 0.592. The number of ether oxygens (including phenoxy) is 1. The fraction of sp³-hybridized carbons (Fsp3) is 0.429. The van der Waals surface area contributed by atoms with E-state index >= 15 is 0 Å². The maximum atomic E-state index is 12.5. The Hall–Kier alpha value is -1.89. The molecule has 0 N–H and O–H groups in total. The van der Waals surface area contributed by atoms with Crippen molar-refractivity contribution in [3.63, 3.8) is 0 Å². The number of hydrogen-bond donors (Lipinski definition) is 0. The molecular formula is C14H17FN2O. The van der Waals surface area contributed by atoms with Gasteiger partial charge in [-0.3, -0.25) is 0 Å². The van der Waals surface area contributed by atoms with E-state index in [4.69, 9.17) is 4.74 Å². The molecule has 96 valence electrons. The zero-order valence-corrected chi connectivity index (χ0v) is 10.5. The van der Waals surface area contributed by atoms with Crippen LogP contribution in [0.5, 0.6) is 5.88 Å². The number of halogens is 1. The van der Waals surface area contributed by atoms with Crippen molar-refractivity contribution in [2.24, 2.45) is 0 Å². The highest BCUT2D eigenvalue weighted by molar-refractivity contribution is 5.27. The van der Waals surface area contributed by atoms with Crippen molar-refractivity contribution in [3.8, 4) is 17.7 Å². The molecule has 0 amide bonds. The first kappa shape index (κ1) is 14.2. The second kappa shape index (κ2) is 8.24. The average Bonchev–Trinajstić information content (AvgIpc) is 2.37. The summed E-state index contributed by atoms with van der Waals surface area (Å²) in [5, 5.41) is 7.77. The van der Waals surface area contributed by atoms with Crippen LogP contribution in [0.4, 0.5) is 4.39 Å². The van der Waals surface area contributed by atoms with E-state index in [0.717, 1.165) is 6.42 Å². The van der Waals surface area contributed by atoms with Crippen LogP contribution in [0.1, 0.15) is 31.9 Å². The van der Waals surface area contributed by atoms with Gasteiger partial charge in [0, 0.05) is 12.5 Å².